The monoisotopic (exact) mass is 496 g/mol. The SMILES string of the molecule is C[C@@H](O)Cc1ccc(-c2ccc(C3=NO[C@@H](CC(C)(C(=O)NO)S(C)(=O)=O)C3)cc2F)c(F)c1. The molecule has 0 spiro atoms. The first-order chi connectivity index (χ1) is 15.9. The average Bonchev–Trinajstić information content (AvgIpc) is 3.20. The Kier molecular flexibility index (Phi) is 7.39. The standard InChI is InChI=1S/C23H26F2N2O6S/c1-13(28)8-14-4-6-17(19(24)9-14)18-7-5-15(10-20(18)25)21-11-16(33-27-21)12-23(2,22(29)26-30)34(3,31)32/h4-7,9-10,13,16,28,30H,8,11-12H2,1-3H3,(H,26,29)/t13-,16-,23?/m1/s1. The molecule has 0 aliphatic carbocycles. The minimum atomic E-state index is -3.91. The van der Waals surface area contributed by atoms with E-state index in [0.29, 0.717) is 16.8 Å². The normalized spacial score (nSPS) is 18.6. The van der Waals surface area contributed by atoms with Crippen LogP contribution in [-0.2, 0) is 25.9 Å². The molecule has 3 N–H and O–H groups in total. The van der Waals surface area contributed by atoms with Crippen molar-refractivity contribution in [2.45, 2.75) is 50.1 Å². The topological polar surface area (TPSA) is 125 Å². The Morgan fingerprint density at radius 2 is 1.85 bits per heavy atom. The minimum Gasteiger partial charge on any atom is -0.393 e. The molecule has 0 saturated carbocycles. The summed E-state index contributed by atoms with van der Waals surface area (Å²) in [7, 11) is -3.91. The van der Waals surface area contributed by atoms with Gasteiger partial charge in [-0.3, -0.25) is 10.0 Å². The summed E-state index contributed by atoms with van der Waals surface area (Å²) in [6, 6.07) is 8.47. The van der Waals surface area contributed by atoms with Gasteiger partial charge in [0.15, 0.2) is 14.6 Å². The van der Waals surface area contributed by atoms with E-state index in [1.807, 2.05) is 0 Å². The van der Waals surface area contributed by atoms with Crippen LogP contribution in [0.3, 0.4) is 0 Å². The highest BCUT2D eigenvalue weighted by atomic mass is 32.2. The van der Waals surface area contributed by atoms with E-state index < -0.39 is 44.3 Å². The van der Waals surface area contributed by atoms with Crippen LogP contribution in [0, 0.1) is 11.6 Å². The summed E-state index contributed by atoms with van der Waals surface area (Å²) >= 11 is 0. The second-order valence-electron chi connectivity index (χ2n) is 8.68. The Hall–Kier alpha value is -2.89. The smallest absolute Gasteiger partial charge is 0.264 e. The van der Waals surface area contributed by atoms with Gasteiger partial charge < -0.3 is 9.94 Å². The molecule has 1 amide bonds. The third-order valence-electron chi connectivity index (χ3n) is 5.91. The number of carbonyl (C=O) groups excluding carboxylic acids is 1. The zero-order chi connectivity index (χ0) is 25.3. The zero-order valence-electron chi connectivity index (χ0n) is 18.9. The van der Waals surface area contributed by atoms with Crippen LogP contribution in [0.15, 0.2) is 41.6 Å². The molecular weight excluding hydrogens is 470 g/mol. The van der Waals surface area contributed by atoms with Crippen molar-refractivity contribution in [2.24, 2.45) is 5.16 Å². The van der Waals surface area contributed by atoms with E-state index in [4.69, 9.17) is 10.0 Å². The van der Waals surface area contributed by atoms with Crippen molar-refractivity contribution < 1.29 is 37.1 Å². The Balaban J connectivity index is 1.78. The van der Waals surface area contributed by atoms with Crippen LogP contribution in [0.1, 0.15) is 37.8 Å². The third kappa shape index (κ3) is 5.26. The van der Waals surface area contributed by atoms with Crippen LogP contribution in [0.2, 0.25) is 0 Å². The number of oxime groups is 1. The number of halogens is 2. The number of aliphatic hydroxyl groups excluding tert-OH is 1. The molecule has 8 nitrogen and oxygen atoms in total. The first-order valence-corrected chi connectivity index (χ1v) is 12.4. The molecule has 0 aromatic heterocycles. The summed E-state index contributed by atoms with van der Waals surface area (Å²) in [5.74, 6) is -2.40. The number of rotatable bonds is 8. The first kappa shape index (κ1) is 25.7. The zero-order valence-corrected chi connectivity index (χ0v) is 19.7. The Morgan fingerprint density at radius 1 is 1.24 bits per heavy atom. The van der Waals surface area contributed by atoms with Crippen LogP contribution in [-0.4, -0.2) is 53.6 Å². The van der Waals surface area contributed by atoms with Crippen LogP contribution >= 0.6 is 0 Å². The second kappa shape index (κ2) is 9.77. The molecule has 3 atom stereocenters. The van der Waals surface area contributed by atoms with Gasteiger partial charge in [0.05, 0.1) is 11.8 Å². The van der Waals surface area contributed by atoms with E-state index in [0.717, 1.165) is 6.26 Å². The van der Waals surface area contributed by atoms with E-state index in [2.05, 4.69) is 5.16 Å². The van der Waals surface area contributed by atoms with Crippen molar-refractivity contribution in [3.05, 3.63) is 59.2 Å². The molecule has 11 heteroatoms. The maximum atomic E-state index is 14.9. The molecule has 0 saturated heterocycles. The second-order valence-corrected chi connectivity index (χ2v) is 11.1. The van der Waals surface area contributed by atoms with Crippen molar-refractivity contribution in [3.8, 4) is 11.1 Å². The predicted molar refractivity (Wildman–Crippen MR) is 121 cm³/mol. The van der Waals surface area contributed by atoms with E-state index in [1.165, 1.54) is 36.7 Å². The number of sulfone groups is 1. The number of carbonyl (C=O) groups is 1. The van der Waals surface area contributed by atoms with Gasteiger partial charge in [-0.05, 0) is 38.0 Å². The lowest BCUT2D eigenvalue weighted by atomic mass is 9.95. The van der Waals surface area contributed by atoms with Crippen molar-refractivity contribution in [1.82, 2.24) is 5.48 Å². The first-order valence-electron chi connectivity index (χ1n) is 10.5. The van der Waals surface area contributed by atoms with Crippen molar-refractivity contribution in [3.63, 3.8) is 0 Å². The predicted octanol–water partition coefficient (Wildman–Crippen LogP) is 2.75. The van der Waals surface area contributed by atoms with Crippen molar-refractivity contribution in [1.29, 1.82) is 0 Å². The molecule has 0 bridgehead atoms. The Labute approximate surface area is 196 Å². The molecular formula is C23H26F2N2O6S. The fourth-order valence-corrected chi connectivity index (χ4v) is 4.70. The molecule has 1 aliphatic heterocycles. The molecule has 2 aromatic rings. The molecule has 184 valence electrons. The number of amides is 1. The van der Waals surface area contributed by atoms with Crippen molar-refractivity contribution in [2.75, 3.05) is 6.26 Å². The molecule has 0 radical (unpaired) electrons. The molecule has 1 heterocycles. The highest BCUT2D eigenvalue weighted by Crippen LogP contribution is 2.31. The van der Waals surface area contributed by atoms with Crippen LogP contribution in [0.25, 0.3) is 11.1 Å². The number of benzene rings is 2. The number of hydrogen-bond donors (Lipinski definition) is 3. The molecule has 34 heavy (non-hydrogen) atoms. The van der Waals surface area contributed by atoms with Crippen LogP contribution in [0.4, 0.5) is 8.78 Å². The Bertz CT molecular complexity index is 1230. The fraction of sp³-hybridized carbons (Fsp3) is 0.391. The summed E-state index contributed by atoms with van der Waals surface area (Å²) in [5, 5.41) is 22.3. The van der Waals surface area contributed by atoms with Gasteiger partial charge in [-0.1, -0.05) is 29.4 Å². The van der Waals surface area contributed by atoms with Gasteiger partial charge in [-0.25, -0.2) is 22.7 Å². The lowest BCUT2D eigenvalue weighted by molar-refractivity contribution is -0.132. The summed E-state index contributed by atoms with van der Waals surface area (Å²) in [6.07, 6.45) is -0.455. The fourth-order valence-electron chi connectivity index (χ4n) is 3.83. The van der Waals surface area contributed by atoms with Crippen LogP contribution < -0.4 is 5.48 Å². The molecule has 1 unspecified atom stereocenters. The van der Waals surface area contributed by atoms with Gasteiger partial charge in [0.25, 0.3) is 5.91 Å². The number of aliphatic hydroxyl groups is 1. The van der Waals surface area contributed by atoms with Crippen LogP contribution in [0.5, 0.6) is 0 Å². The van der Waals surface area contributed by atoms with Gasteiger partial charge in [-0.2, -0.15) is 0 Å². The number of hydrogen-bond acceptors (Lipinski definition) is 7. The number of nitrogens with one attached hydrogen (secondary N) is 1. The van der Waals surface area contributed by atoms with E-state index in [1.54, 1.807) is 19.1 Å². The summed E-state index contributed by atoms with van der Waals surface area (Å²) in [6.45, 7) is 2.76. The summed E-state index contributed by atoms with van der Waals surface area (Å²) in [4.78, 5) is 17.3. The van der Waals surface area contributed by atoms with Crippen molar-refractivity contribution >= 4 is 21.5 Å². The average molecular weight is 497 g/mol. The van der Waals surface area contributed by atoms with Gasteiger partial charge in [0.2, 0.25) is 0 Å². The van der Waals surface area contributed by atoms with Gasteiger partial charge in [0.1, 0.15) is 17.7 Å². The maximum absolute atomic E-state index is 14.9. The summed E-state index contributed by atoms with van der Waals surface area (Å²) in [5.41, 5.74) is 2.78. The molecule has 0 fully saturated rings. The molecule has 2 aromatic carbocycles. The largest absolute Gasteiger partial charge is 0.393 e. The molecule has 1 aliphatic rings. The minimum absolute atomic E-state index is 0.0465. The Morgan fingerprint density at radius 3 is 2.38 bits per heavy atom. The number of hydroxylamine groups is 1. The molecule has 3 rings (SSSR count). The third-order valence-corrected chi connectivity index (χ3v) is 7.90. The number of nitrogens with zero attached hydrogens (tertiary/aromatic N) is 1. The van der Waals surface area contributed by atoms with Gasteiger partial charge >= 0.3 is 0 Å². The lowest BCUT2D eigenvalue weighted by Crippen LogP contribution is -2.51. The van der Waals surface area contributed by atoms with Gasteiger partial charge in [-0.15, -0.1) is 0 Å². The van der Waals surface area contributed by atoms with E-state index in [-0.39, 0.29) is 30.4 Å². The van der Waals surface area contributed by atoms with Gasteiger partial charge in [0, 0.05) is 35.8 Å². The van der Waals surface area contributed by atoms with E-state index in [9.17, 15) is 27.1 Å². The highest BCUT2D eigenvalue weighted by Gasteiger charge is 2.47. The quantitative estimate of drug-likeness (QED) is 0.381. The van der Waals surface area contributed by atoms with E-state index >= 15 is 0 Å². The highest BCUT2D eigenvalue weighted by molar-refractivity contribution is 7.92. The lowest BCUT2D eigenvalue weighted by Gasteiger charge is -2.26. The maximum Gasteiger partial charge on any atom is 0.264 e. The summed E-state index contributed by atoms with van der Waals surface area (Å²) < 4.78 is 51.8.